The molecule has 2 N–H and O–H groups in total. The number of nitrogens with zero attached hydrogens (tertiary/aromatic N) is 2. The van der Waals surface area contributed by atoms with Crippen molar-refractivity contribution in [2.45, 2.75) is 31.7 Å². The van der Waals surface area contributed by atoms with Gasteiger partial charge >= 0.3 is 0 Å². The average molecular weight is 261 g/mol. The summed E-state index contributed by atoms with van der Waals surface area (Å²) in [5, 5.41) is 4.17. The first kappa shape index (κ1) is 13.0. The van der Waals surface area contributed by atoms with Crippen LogP contribution >= 0.6 is 11.8 Å². The first-order valence-corrected chi connectivity index (χ1v) is 7.13. The Bertz CT molecular complexity index is 520. The van der Waals surface area contributed by atoms with Crippen molar-refractivity contribution in [1.29, 1.82) is 0 Å². The number of rotatable bonds is 5. The van der Waals surface area contributed by atoms with Crippen LogP contribution in [0.1, 0.15) is 17.5 Å². The molecule has 4 heteroatoms. The maximum absolute atomic E-state index is 5.57. The van der Waals surface area contributed by atoms with Crippen molar-refractivity contribution in [2.24, 2.45) is 0 Å². The molecule has 3 nitrogen and oxygen atoms in total. The van der Waals surface area contributed by atoms with E-state index in [9.17, 15) is 0 Å². The van der Waals surface area contributed by atoms with Crippen LogP contribution in [0.4, 0.5) is 5.82 Å². The molecule has 1 aromatic carbocycles. The Morgan fingerprint density at radius 1 is 1.28 bits per heavy atom. The molecular weight excluding hydrogens is 242 g/mol. The molecule has 0 amide bonds. The summed E-state index contributed by atoms with van der Waals surface area (Å²) >= 11 is 1.91. The standard InChI is InChI=1S/C14H19N3S/c1-11-4-5-13(12(2)10-11)18-9-3-7-17-8-6-14(15)16-17/h4-6,8,10H,3,7,9H2,1-2H3,(H2,15,16). The molecule has 0 unspecified atom stereocenters. The zero-order valence-electron chi connectivity index (χ0n) is 10.9. The maximum Gasteiger partial charge on any atom is 0.145 e. The summed E-state index contributed by atoms with van der Waals surface area (Å²) in [4.78, 5) is 1.38. The van der Waals surface area contributed by atoms with E-state index in [2.05, 4.69) is 37.1 Å². The molecular formula is C14H19N3S. The van der Waals surface area contributed by atoms with Gasteiger partial charge in [-0.05, 0) is 43.7 Å². The lowest BCUT2D eigenvalue weighted by Gasteiger charge is -2.06. The van der Waals surface area contributed by atoms with E-state index in [4.69, 9.17) is 5.73 Å². The lowest BCUT2D eigenvalue weighted by molar-refractivity contribution is 0.608. The first-order chi connectivity index (χ1) is 8.65. The van der Waals surface area contributed by atoms with Crippen LogP contribution in [-0.4, -0.2) is 15.5 Å². The SMILES string of the molecule is Cc1ccc(SCCCn2ccc(N)n2)c(C)c1. The molecule has 96 valence electrons. The Morgan fingerprint density at radius 3 is 2.78 bits per heavy atom. The van der Waals surface area contributed by atoms with Gasteiger partial charge in [0.05, 0.1) is 0 Å². The van der Waals surface area contributed by atoms with Gasteiger partial charge in [0.15, 0.2) is 0 Å². The maximum atomic E-state index is 5.57. The molecule has 0 bridgehead atoms. The number of hydrogen-bond acceptors (Lipinski definition) is 3. The van der Waals surface area contributed by atoms with Crippen LogP contribution in [0, 0.1) is 13.8 Å². The summed E-state index contributed by atoms with van der Waals surface area (Å²) in [6.07, 6.45) is 3.02. The number of hydrogen-bond donors (Lipinski definition) is 1. The molecule has 0 aliphatic heterocycles. The third kappa shape index (κ3) is 3.53. The fraction of sp³-hybridized carbons (Fsp3) is 0.357. The van der Waals surface area contributed by atoms with Crippen LogP contribution in [0.2, 0.25) is 0 Å². The summed E-state index contributed by atoms with van der Waals surface area (Å²) in [5.74, 6) is 1.70. The van der Waals surface area contributed by atoms with Crippen molar-refractivity contribution in [2.75, 3.05) is 11.5 Å². The minimum Gasteiger partial charge on any atom is -0.382 e. The minimum atomic E-state index is 0.594. The zero-order chi connectivity index (χ0) is 13.0. The van der Waals surface area contributed by atoms with Crippen LogP contribution < -0.4 is 5.73 Å². The van der Waals surface area contributed by atoms with Crippen molar-refractivity contribution in [1.82, 2.24) is 9.78 Å². The first-order valence-electron chi connectivity index (χ1n) is 6.14. The van der Waals surface area contributed by atoms with E-state index in [1.807, 2.05) is 28.7 Å². The Morgan fingerprint density at radius 2 is 2.11 bits per heavy atom. The van der Waals surface area contributed by atoms with Gasteiger partial charge in [-0.2, -0.15) is 5.10 Å². The molecule has 0 atom stereocenters. The largest absolute Gasteiger partial charge is 0.382 e. The van der Waals surface area contributed by atoms with Crippen LogP contribution in [0.3, 0.4) is 0 Å². The van der Waals surface area contributed by atoms with E-state index >= 15 is 0 Å². The summed E-state index contributed by atoms with van der Waals surface area (Å²) in [6, 6.07) is 8.44. The van der Waals surface area contributed by atoms with Crippen molar-refractivity contribution in [3.63, 3.8) is 0 Å². The highest BCUT2D eigenvalue weighted by Gasteiger charge is 2.00. The highest BCUT2D eigenvalue weighted by Crippen LogP contribution is 2.23. The van der Waals surface area contributed by atoms with E-state index < -0.39 is 0 Å². The van der Waals surface area contributed by atoms with Gasteiger partial charge in [-0.1, -0.05) is 17.7 Å². The van der Waals surface area contributed by atoms with Gasteiger partial charge in [0.2, 0.25) is 0 Å². The number of benzene rings is 1. The summed E-state index contributed by atoms with van der Waals surface area (Å²) in [5.41, 5.74) is 8.26. The van der Waals surface area contributed by atoms with Crippen LogP contribution in [0.15, 0.2) is 35.4 Å². The summed E-state index contributed by atoms with van der Waals surface area (Å²) in [6.45, 7) is 5.22. The lowest BCUT2D eigenvalue weighted by atomic mass is 10.2. The molecule has 0 spiro atoms. The Hall–Kier alpha value is -1.42. The van der Waals surface area contributed by atoms with Crippen molar-refractivity contribution >= 4 is 17.6 Å². The number of aromatic nitrogens is 2. The molecule has 0 aliphatic carbocycles. The minimum absolute atomic E-state index is 0.594. The molecule has 0 radical (unpaired) electrons. The fourth-order valence-corrected chi connectivity index (χ4v) is 2.82. The highest BCUT2D eigenvalue weighted by atomic mass is 32.2. The van der Waals surface area contributed by atoms with E-state index in [0.29, 0.717) is 5.82 Å². The number of anilines is 1. The normalized spacial score (nSPS) is 10.8. The second-order valence-electron chi connectivity index (χ2n) is 4.47. The molecule has 0 saturated heterocycles. The number of nitrogen functional groups attached to an aromatic ring is 1. The molecule has 18 heavy (non-hydrogen) atoms. The van der Waals surface area contributed by atoms with E-state index in [-0.39, 0.29) is 0 Å². The average Bonchev–Trinajstić information content (AvgIpc) is 2.73. The highest BCUT2D eigenvalue weighted by molar-refractivity contribution is 7.99. The van der Waals surface area contributed by atoms with Gasteiger partial charge in [-0.25, -0.2) is 0 Å². The van der Waals surface area contributed by atoms with Gasteiger partial charge in [0.1, 0.15) is 5.82 Å². The molecule has 1 heterocycles. The third-order valence-electron chi connectivity index (χ3n) is 2.78. The van der Waals surface area contributed by atoms with Gasteiger partial charge < -0.3 is 5.73 Å². The Kier molecular flexibility index (Phi) is 4.31. The topological polar surface area (TPSA) is 43.8 Å². The number of nitrogens with two attached hydrogens (primary N) is 1. The summed E-state index contributed by atoms with van der Waals surface area (Å²) in [7, 11) is 0. The van der Waals surface area contributed by atoms with Gasteiger partial charge in [0, 0.05) is 17.6 Å². The van der Waals surface area contributed by atoms with Crippen LogP contribution in [0.5, 0.6) is 0 Å². The third-order valence-corrected chi connectivity index (χ3v) is 4.04. The summed E-state index contributed by atoms with van der Waals surface area (Å²) < 4.78 is 1.90. The van der Waals surface area contributed by atoms with Crippen LogP contribution in [0.25, 0.3) is 0 Å². The van der Waals surface area contributed by atoms with Crippen molar-refractivity contribution in [3.05, 3.63) is 41.6 Å². The smallest absolute Gasteiger partial charge is 0.145 e. The van der Waals surface area contributed by atoms with Gasteiger partial charge in [-0.3, -0.25) is 4.68 Å². The predicted molar refractivity (Wildman–Crippen MR) is 77.9 cm³/mol. The number of thioether (sulfide) groups is 1. The van der Waals surface area contributed by atoms with Crippen molar-refractivity contribution in [3.8, 4) is 0 Å². The molecule has 1 aromatic heterocycles. The van der Waals surface area contributed by atoms with E-state index in [1.54, 1.807) is 0 Å². The van der Waals surface area contributed by atoms with Crippen LogP contribution in [-0.2, 0) is 6.54 Å². The predicted octanol–water partition coefficient (Wildman–Crippen LogP) is 3.26. The second-order valence-corrected chi connectivity index (χ2v) is 5.61. The molecule has 0 aliphatic rings. The molecule has 2 rings (SSSR count). The van der Waals surface area contributed by atoms with E-state index in [1.165, 1.54) is 16.0 Å². The van der Waals surface area contributed by atoms with Crippen molar-refractivity contribution < 1.29 is 0 Å². The lowest BCUT2D eigenvalue weighted by Crippen LogP contribution is -2.00. The Labute approximate surface area is 112 Å². The Balaban J connectivity index is 1.78. The van der Waals surface area contributed by atoms with E-state index in [0.717, 1.165) is 18.7 Å². The molecule has 2 aromatic rings. The quantitative estimate of drug-likeness (QED) is 0.663. The number of aryl methyl sites for hydroxylation is 3. The van der Waals surface area contributed by atoms with Gasteiger partial charge in [0.25, 0.3) is 0 Å². The molecule has 0 fully saturated rings. The second kappa shape index (κ2) is 5.96. The zero-order valence-corrected chi connectivity index (χ0v) is 11.7. The molecule has 0 saturated carbocycles. The van der Waals surface area contributed by atoms with Gasteiger partial charge in [-0.15, -0.1) is 11.8 Å². The monoisotopic (exact) mass is 261 g/mol. The fourth-order valence-electron chi connectivity index (χ4n) is 1.87.